The molecule has 9 heteroatoms. The fourth-order valence-corrected chi connectivity index (χ4v) is 3.33. The van der Waals surface area contributed by atoms with Crippen LogP contribution in [-0.4, -0.2) is 39.2 Å². The lowest BCUT2D eigenvalue weighted by Crippen LogP contribution is -2.21. The van der Waals surface area contributed by atoms with Gasteiger partial charge in [-0.15, -0.1) is 11.3 Å². The lowest BCUT2D eigenvalue weighted by Gasteiger charge is -2.10. The van der Waals surface area contributed by atoms with Gasteiger partial charge in [-0.2, -0.15) is 0 Å². The zero-order valence-corrected chi connectivity index (χ0v) is 14.1. The highest BCUT2D eigenvalue weighted by atomic mass is 32.2. The van der Waals surface area contributed by atoms with Crippen molar-refractivity contribution in [3.63, 3.8) is 0 Å². The van der Waals surface area contributed by atoms with Gasteiger partial charge < -0.3 is 10.2 Å². The maximum Gasteiger partial charge on any atom is 0.256 e. The molecule has 0 saturated heterocycles. The number of rotatable bonds is 4. The van der Waals surface area contributed by atoms with E-state index in [9.17, 15) is 18.0 Å². The van der Waals surface area contributed by atoms with E-state index in [1.54, 1.807) is 38.4 Å². The molecule has 0 radical (unpaired) electrons. The smallest absolute Gasteiger partial charge is 0.256 e. The van der Waals surface area contributed by atoms with Crippen molar-refractivity contribution >= 4 is 38.9 Å². The van der Waals surface area contributed by atoms with Crippen LogP contribution in [0.5, 0.6) is 0 Å². The summed E-state index contributed by atoms with van der Waals surface area (Å²) in [6, 6.07) is 7.62. The third kappa shape index (κ3) is 4.15. The van der Waals surface area contributed by atoms with Gasteiger partial charge in [0.15, 0.2) is 0 Å². The molecular weight excluding hydrogens is 338 g/mol. The lowest BCUT2D eigenvalue weighted by molar-refractivity contribution is 0.0827. The molecule has 1 aromatic heterocycles. The highest BCUT2D eigenvalue weighted by Crippen LogP contribution is 2.20. The van der Waals surface area contributed by atoms with Crippen LogP contribution >= 0.6 is 11.3 Å². The summed E-state index contributed by atoms with van der Waals surface area (Å²) in [5.41, 5.74) is 1.20. The molecule has 0 saturated carbocycles. The number of thiophene rings is 1. The van der Waals surface area contributed by atoms with Crippen molar-refractivity contribution in [2.45, 2.75) is 4.21 Å². The van der Waals surface area contributed by atoms with Crippen LogP contribution in [0.3, 0.4) is 0 Å². The topological polar surface area (TPSA) is 110 Å². The Kier molecular flexibility index (Phi) is 4.83. The number of nitrogens with zero attached hydrogens (tertiary/aromatic N) is 1. The van der Waals surface area contributed by atoms with Crippen LogP contribution in [0.15, 0.2) is 39.9 Å². The summed E-state index contributed by atoms with van der Waals surface area (Å²) in [6.07, 6.45) is 0. The molecule has 0 aliphatic rings. The van der Waals surface area contributed by atoms with E-state index < -0.39 is 15.9 Å². The first-order valence-corrected chi connectivity index (χ1v) is 8.85. The zero-order chi connectivity index (χ0) is 17.2. The molecule has 0 bridgehead atoms. The van der Waals surface area contributed by atoms with Crippen LogP contribution in [-0.2, 0) is 10.0 Å². The number of anilines is 1. The van der Waals surface area contributed by atoms with Gasteiger partial charge in [0.25, 0.3) is 11.8 Å². The van der Waals surface area contributed by atoms with E-state index in [1.165, 1.54) is 16.3 Å². The number of carbonyl (C=O) groups excluding carboxylic acids is 2. The number of nitrogens with two attached hydrogens (primary N) is 1. The number of nitrogens with one attached hydrogen (secondary N) is 1. The zero-order valence-electron chi connectivity index (χ0n) is 12.4. The van der Waals surface area contributed by atoms with Crippen LogP contribution in [0, 0.1) is 0 Å². The van der Waals surface area contributed by atoms with E-state index in [1.807, 2.05) is 0 Å². The molecule has 1 aromatic carbocycles. The summed E-state index contributed by atoms with van der Waals surface area (Å²) in [6.45, 7) is 0. The van der Waals surface area contributed by atoms with E-state index in [-0.39, 0.29) is 15.7 Å². The predicted octanol–water partition coefficient (Wildman–Crippen LogP) is 1.35. The molecule has 0 unspecified atom stereocenters. The Labute approximate surface area is 137 Å². The van der Waals surface area contributed by atoms with Crippen LogP contribution in [0.4, 0.5) is 5.69 Å². The average Bonchev–Trinajstić information content (AvgIpc) is 2.97. The fourth-order valence-electron chi connectivity index (χ4n) is 1.74. The SMILES string of the molecule is CN(C)C(=O)c1ccc(NC(=O)c2csc(S(N)(=O)=O)c2)cc1. The van der Waals surface area contributed by atoms with Crippen LogP contribution in [0.25, 0.3) is 0 Å². The predicted molar refractivity (Wildman–Crippen MR) is 88.1 cm³/mol. The Morgan fingerprint density at radius 2 is 1.74 bits per heavy atom. The summed E-state index contributed by atoms with van der Waals surface area (Å²) in [5.74, 6) is -0.596. The summed E-state index contributed by atoms with van der Waals surface area (Å²) in [4.78, 5) is 25.3. The van der Waals surface area contributed by atoms with Gasteiger partial charge in [0.05, 0.1) is 5.56 Å². The standard InChI is InChI=1S/C14H15N3O4S2/c1-17(2)14(19)9-3-5-11(6-4-9)16-13(18)10-7-12(22-8-10)23(15,20)21/h3-8H,1-2H3,(H,16,18)(H2,15,20,21). The highest BCUT2D eigenvalue weighted by molar-refractivity contribution is 7.91. The first-order chi connectivity index (χ1) is 10.7. The van der Waals surface area contributed by atoms with E-state index in [2.05, 4.69) is 5.32 Å². The number of amides is 2. The van der Waals surface area contributed by atoms with E-state index in [4.69, 9.17) is 5.14 Å². The van der Waals surface area contributed by atoms with Crippen molar-refractivity contribution < 1.29 is 18.0 Å². The molecule has 0 fully saturated rings. The molecule has 122 valence electrons. The summed E-state index contributed by atoms with van der Waals surface area (Å²) in [7, 11) is -0.514. The van der Waals surface area contributed by atoms with Crippen molar-refractivity contribution in [2.75, 3.05) is 19.4 Å². The van der Waals surface area contributed by atoms with E-state index >= 15 is 0 Å². The van der Waals surface area contributed by atoms with Gasteiger partial charge in [-0.1, -0.05) is 0 Å². The third-order valence-electron chi connectivity index (χ3n) is 2.91. The van der Waals surface area contributed by atoms with Gasteiger partial charge in [0.1, 0.15) is 4.21 Å². The number of sulfonamides is 1. The molecule has 2 amide bonds. The highest BCUT2D eigenvalue weighted by Gasteiger charge is 2.15. The van der Waals surface area contributed by atoms with Gasteiger partial charge in [-0.3, -0.25) is 9.59 Å². The second kappa shape index (κ2) is 6.49. The van der Waals surface area contributed by atoms with Crippen molar-refractivity contribution in [1.82, 2.24) is 4.90 Å². The number of primary sulfonamides is 1. The molecule has 0 aliphatic carbocycles. The summed E-state index contributed by atoms with van der Waals surface area (Å²) < 4.78 is 22.3. The largest absolute Gasteiger partial charge is 0.345 e. The fraction of sp³-hybridized carbons (Fsp3) is 0.143. The summed E-state index contributed by atoms with van der Waals surface area (Å²) >= 11 is 0.881. The molecule has 7 nitrogen and oxygen atoms in total. The van der Waals surface area contributed by atoms with E-state index in [0.29, 0.717) is 11.3 Å². The molecule has 3 N–H and O–H groups in total. The molecule has 23 heavy (non-hydrogen) atoms. The normalized spacial score (nSPS) is 11.1. The second-order valence-corrected chi connectivity index (χ2v) is 7.63. The molecule has 0 aliphatic heterocycles. The lowest BCUT2D eigenvalue weighted by atomic mass is 10.2. The summed E-state index contributed by atoms with van der Waals surface area (Å²) in [5, 5.41) is 9.05. The average molecular weight is 353 g/mol. The molecule has 1 heterocycles. The van der Waals surface area contributed by atoms with Crippen molar-refractivity contribution in [2.24, 2.45) is 5.14 Å². The van der Waals surface area contributed by atoms with Gasteiger partial charge in [0, 0.05) is 30.7 Å². The number of hydrogen-bond acceptors (Lipinski definition) is 5. The Bertz CT molecular complexity index is 839. The van der Waals surface area contributed by atoms with Crippen LogP contribution < -0.4 is 10.5 Å². The molecule has 2 rings (SSSR count). The Balaban J connectivity index is 2.11. The van der Waals surface area contributed by atoms with Crippen molar-refractivity contribution in [3.05, 3.63) is 46.8 Å². The van der Waals surface area contributed by atoms with Crippen LogP contribution in [0.1, 0.15) is 20.7 Å². The van der Waals surface area contributed by atoms with Gasteiger partial charge >= 0.3 is 0 Å². The Morgan fingerprint density at radius 1 is 1.13 bits per heavy atom. The van der Waals surface area contributed by atoms with Crippen LogP contribution in [0.2, 0.25) is 0 Å². The van der Waals surface area contributed by atoms with Gasteiger partial charge in [-0.25, -0.2) is 13.6 Å². The first kappa shape index (κ1) is 17.1. The minimum Gasteiger partial charge on any atom is -0.345 e. The minimum absolute atomic E-state index is 0.0745. The number of benzene rings is 1. The van der Waals surface area contributed by atoms with E-state index in [0.717, 1.165) is 11.3 Å². The minimum atomic E-state index is -3.82. The second-order valence-electron chi connectivity index (χ2n) is 4.93. The maximum absolute atomic E-state index is 12.1. The monoisotopic (exact) mass is 353 g/mol. The van der Waals surface area contributed by atoms with Crippen molar-refractivity contribution in [1.29, 1.82) is 0 Å². The van der Waals surface area contributed by atoms with Crippen molar-refractivity contribution in [3.8, 4) is 0 Å². The third-order valence-corrected chi connectivity index (χ3v) is 5.30. The Hall–Kier alpha value is -2.23. The van der Waals surface area contributed by atoms with Gasteiger partial charge in [0.2, 0.25) is 10.0 Å². The quantitative estimate of drug-likeness (QED) is 0.864. The molecule has 0 spiro atoms. The maximum atomic E-state index is 12.1. The number of hydrogen-bond donors (Lipinski definition) is 2. The molecule has 0 atom stereocenters. The molecular formula is C14H15N3O4S2. The Morgan fingerprint density at radius 3 is 2.22 bits per heavy atom. The first-order valence-electron chi connectivity index (χ1n) is 6.43. The molecule has 2 aromatic rings. The number of carbonyl (C=O) groups is 2. The van der Waals surface area contributed by atoms with Gasteiger partial charge in [-0.05, 0) is 30.3 Å².